The minimum Gasteiger partial charge on any atom is -0.355 e. The quantitative estimate of drug-likeness (QED) is 0.808. The second-order valence-corrected chi connectivity index (χ2v) is 4.23. The summed E-state index contributed by atoms with van der Waals surface area (Å²) in [7, 11) is 0. The third kappa shape index (κ3) is 3.17. The summed E-state index contributed by atoms with van der Waals surface area (Å²) in [5.74, 6) is 0.110. The van der Waals surface area contributed by atoms with Crippen molar-refractivity contribution in [3.63, 3.8) is 0 Å². The zero-order valence-corrected chi connectivity index (χ0v) is 9.85. The van der Waals surface area contributed by atoms with Crippen molar-refractivity contribution in [2.24, 2.45) is 0 Å². The van der Waals surface area contributed by atoms with Gasteiger partial charge in [0.1, 0.15) is 0 Å². The lowest BCUT2D eigenvalue weighted by Crippen LogP contribution is -2.42. The van der Waals surface area contributed by atoms with Crippen LogP contribution in [-0.4, -0.2) is 28.3 Å². The molecular formula is C12H18N4O. The first-order valence-electron chi connectivity index (χ1n) is 5.96. The molecule has 92 valence electrons. The number of hydrogen-bond acceptors (Lipinski definition) is 3. The number of aromatic nitrogens is 2. The van der Waals surface area contributed by atoms with Gasteiger partial charge < -0.3 is 10.6 Å². The maximum Gasteiger partial charge on any atom is 0.237 e. The van der Waals surface area contributed by atoms with Gasteiger partial charge in [-0.05, 0) is 19.3 Å². The molecule has 1 aliphatic rings. The Kier molecular flexibility index (Phi) is 3.93. The monoisotopic (exact) mass is 234 g/mol. The third-order valence-corrected chi connectivity index (χ3v) is 2.93. The highest BCUT2D eigenvalue weighted by atomic mass is 16.2. The average molecular weight is 234 g/mol. The molecule has 0 aromatic carbocycles. The van der Waals surface area contributed by atoms with Crippen LogP contribution in [0.2, 0.25) is 0 Å². The van der Waals surface area contributed by atoms with E-state index in [0.717, 1.165) is 31.4 Å². The van der Waals surface area contributed by atoms with E-state index in [4.69, 9.17) is 0 Å². The number of carbonyl (C=O) groups is 1. The number of carbonyl (C=O) groups excluding carboxylic acids is 1. The molecule has 1 fully saturated rings. The van der Waals surface area contributed by atoms with Gasteiger partial charge in [-0.25, -0.2) is 4.68 Å². The van der Waals surface area contributed by atoms with Gasteiger partial charge in [0.15, 0.2) is 0 Å². The Labute approximate surface area is 101 Å². The number of nitrogens with one attached hydrogen (secondary N) is 2. The molecule has 5 heteroatoms. The van der Waals surface area contributed by atoms with Crippen LogP contribution in [-0.2, 0) is 11.3 Å². The number of hydrogen-bond donors (Lipinski definition) is 2. The van der Waals surface area contributed by atoms with E-state index in [-0.39, 0.29) is 11.9 Å². The normalized spacial score (nSPS) is 20.7. The van der Waals surface area contributed by atoms with Gasteiger partial charge in [-0.3, -0.25) is 4.79 Å². The van der Waals surface area contributed by atoms with Crippen LogP contribution in [0.25, 0.3) is 6.20 Å². The van der Waals surface area contributed by atoms with Crippen molar-refractivity contribution in [1.29, 1.82) is 0 Å². The predicted molar refractivity (Wildman–Crippen MR) is 66.1 cm³/mol. The first-order chi connectivity index (χ1) is 8.29. The van der Waals surface area contributed by atoms with Crippen LogP contribution in [0.3, 0.4) is 0 Å². The van der Waals surface area contributed by atoms with Crippen LogP contribution in [0.4, 0.5) is 0 Å². The van der Waals surface area contributed by atoms with E-state index in [2.05, 4.69) is 22.3 Å². The molecule has 0 radical (unpaired) electrons. The van der Waals surface area contributed by atoms with E-state index in [1.54, 1.807) is 17.1 Å². The first kappa shape index (κ1) is 11.9. The Morgan fingerprint density at radius 2 is 2.53 bits per heavy atom. The van der Waals surface area contributed by atoms with Crippen LogP contribution in [0, 0.1) is 0 Å². The summed E-state index contributed by atoms with van der Waals surface area (Å²) in [5.41, 5.74) is 1.06. The molecule has 1 amide bonds. The highest BCUT2D eigenvalue weighted by molar-refractivity contribution is 5.81. The Bertz CT molecular complexity index is 399. The second-order valence-electron chi connectivity index (χ2n) is 4.23. The molecule has 1 aromatic rings. The van der Waals surface area contributed by atoms with E-state index in [0.29, 0.717) is 6.54 Å². The minimum absolute atomic E-state index is 0.0791. The minimum atomic E-state index is -0.0791. The van der Waals surface area contributed by atoms with Crippen molar-refractivity contribution in [2.45, 2.75) is 31.8 Å². The third-order valence-electron chi connectivity index (χ3n) is 2.93. The largest absolute Gasteiger partial charge is 0.355 e. The van der Waals surface area contributed by atoms with Crippen molar-refractivity contribution in [1.82, 2.24) is 20.4 Å². The van der Waals surface area contributed by atoms with Crippen LogP contribution in [0.15, 0.2) is 19.0 Å². The van der Waals surface area contributed by atoms with Gasteiger partial charge in [0, 0.05) is 31.0 Å². The van der Waals surface area contributed by atoms with Crippen molar-refractivity contribution in [2.75, 3.05) is 6.54 Å². The van der Waals surface area contributed by atoms with E-state index in [1.807, 2.05) is 6.20 Å². The number of amides is 1. The Balaban J connectivity index is 1.87. The van der Waals surface area contributed by atoms with Gasteiger partial charge >= 0.3 is 0 Å². The fourth-order valence-corrected chi connectivity index (χ4v) is 1.94. The Morgan fingerprint density at radius 1 is 1.65 bits per heavy atom. The highest BCUT2D eigenvalue weighted by Gasteiger charge is 2.19. The van der Waals surface area contributed by atoms with E-state index >= 15 is 0 Å². The fraction of sp³-hybridized carbons (Fsp3) is 0.500. The highest BCUT2D eigenvalue weighted by Crippen LogP contribution is 2.06. The van der Waals surface area contributed by atoms with Crippen molar-refractivity contribution >= 4 is 12.1 Å². The van der Waals surface area contributed by atoms with Gasteiger partial charge in [0.05, 0.1) is 12.2 Å². The van der Waals surface area contributed by atoms with Gasteiger partial charge in [0.25, 0.3) is 0 Å². The SMILES string of the molecule is C=Cn1cc(CNC2CCCCNC2=O)cn1. The lowest BCUT2D eigenvalue weighted by Gasteiger charge is -2.14. The van der Waals surface area contributed by atoms with Crippen LogP contribution >= 0.6 is 0 Å². The van der Waals surface area contributed by atoms with Gasteiger partial charge in [-0.15, -0.1) is 0 Å². The average Bonchev–Trinajstić information content (AvgIpc) is 2.70. The van der Waals surface area contributed by atoms with E-state index in [1.165, 1.54) is 0 Å². The zero-order valence-electron chi connectivity index (χ0n) is 9.85. The zero-order chi connectivity index (χ0) is 12.1. The molecule has 1 atom stereocenters. The Hall–Kier alpha value is -1.62. The lowest BCUT2D eigenvalue weighted by atomic mass is 10.1. The molecule has 1 aromatic heterocycles. The number of nitrogens with zero attached hydrogens (tertiary/aromatic N) is 2. The molecule has 1 saturated heterocycles. The maximum atomic E-state index is 11.7. The smallest absolute Gasteiger partial charge is 0.237 e. The molecule has 0 spiro atoms. The molecule has 2 heterocycles. The van der Waals surface area contributed by atoms with E-state index < -0.39 is 0 Å². The van der Waals surface area contributed by atoms with Gasteiger partial charge in [-0.2, -0.15) is 5.10 Å². The standard InChI is InChI=1S/C12H18N4O/c1-2-16-9-10(8-15-16)7-14-11-5-3-4-6-13-12(11)17/h2,8-9,11,14H,1,3-7H2,(H,13,17). The summed E-state index contributed by atoms with van der Waals surface area (Å²) in [4.78, 5) is 11.7. The molecule has 2 N–H and O–H groups in total. The van der Waals surface area contributed by atoms with Crippen LogP contribution in [0.5, 0.6) is 0 Å². The molecule has 5 nitrogen and oxygen atoms in total. The van der Waals surface area contributed by atoms with Gasteiger partial charge in [-0.1, -0.05) is 6.58 Å². The molecule has 2 rings (SSSR count). The summed E-state index contributed by atoms with van der Waals surface area (Å²) < 4.78 is 1.66. The molecule has 1 aliphatic heterocycles. The topological polar surface area (TPSA) is 59.0 Å². The van der Waals surface area contributed by atoms with E-state index in [9.17, 15) is 4.79 Å². The molecular weight excluding hydrogens is 216 g/mol. The molecule has 0 aliphatic carbocycles. The molecule has 0 bridgehead atoms. The summed E-state index contributed by atoms with van der Waals surface area (Å²) in [6.45, 7) is 5.09. The lowest BCUT2D eigenvalue weighted by molar-refractivity contribution is -0.122. The van der Waals surface area contributed by atoms with Crippen molar-refractivity contribution < 1.29 is 4.79 Å². The predicted octanol–water partition coefficient (Wildman–Crippen LogP) is 0.742. The molecule has 1 unspecified atom stereocenters. The van der Waals surface area contributed by atoms with Crippen molar-refractivity contribution in [3.05, 3.63) is 24.5 Å². The fourth-order valence-electron chi connectivity index (χ4n) is 1.94. The van der Waals surface area contributed by atoms with Crippen LogP contribution in [0.1, 0.15) is 24.8 Å². The first-order valence-corrected chi connectivity index (χ1v) is 5.96. The summed E-state index contributed by atoms with van der Waals surface area (Å²) in [6.07, 6.45) is 8.38. The van der Waals surface area contributed by atoms with Gasteiger partial charge in [0.2, 0.25) is 5.91 Å². The second kappa shape index (κ2) is 5.63. The molecule has 0 saturated carbocycles. The van der Waals surface area contributed by atoms with Crippen molar-refractivity contribution in [3.8, 4) is 0 Å². The summed E-state index contributed by atoms with van der Waals surface area (Å²) >= 11 is 0. The molecule has 17 heavy (non-hydrogen) atoms. The maximum absolute atomic E-state index is 11.7. The number of rotatable bonds is 4. The Morgan fingerprint density at radius 3 is 3.29 bits per heavy atom. The summed E-state index contributed by atoms with van der Waals surface area (Å²) in [5, 5.41) is 10.3. The van der Waals surface area contributed by atoms with Crippen LogP contribution < -0.4 is 10.6 Å². The summed E-state index contributed by atoms with van der Waals surface area (Å²) in [6, 6.07) is -0.0791.